The SMILES string of the molecule is CCCC(=O)O[C@@]12CCCO[C@@H]1[C@H](OP(=O)(OCc1ccccc1)OCc1ccccc1)[C@@H](OP(=O)(OCc1ccccc1)OCc1ccccc1)[C@H](OP(=O)(OCc1ccccc1)OCc1ccccc1)[C@H]2OP(=O)(OCc1ccccc1)OCc1ccccc1. The van der Waals surface area contributed by atoms with Crippen LogP contribution < -0.4 is 0 Å². The van der Waals surface area contributed by atoms with Crippen LogP contribution in [0.2, 0.25) is 0 Å². The molecular weight excluding hydrogens is 1260 g/mol. The van der Waals surface area contributed by atoms with Crippen LogP contribution in [0.1, 0.15) is 77.1 Å². The molecule has 2 aliphatic rings. The molecule has 0 unspecified atom stereocenters. The number of phosphoric ester groups is 4. The molecule has 0 aromatic heterocycles. The van der Waals surface area contributed by atoms with Crippen LogP contribution in [-0.2, 0) is 140 Å². The monoisotopic (exact) mass is 1330 g/mol. The standard InChI is InChI=1S/C69H74O19P4/c1-2-28-63(70)84-69-45-27-46-75-67(69)65(86-90(72,78-49-57-33-15-5-16-34-57)79-50-58-35-17-6-18-36-58)64(85-89(71,76-47-55-29-11-3-12-30-55)77-48-56-31-13-4-14-32-56)66(87-91(73,80-51-59-37-19-7-20-38-59)81-52-60-39-21-8-22-40-60)68(69)88-92(74,82-53-61-41-23-9-24-42-61)83-54-62-43-25-10-26-44-62/h3-26,29-44,64-68H,2,27-28,45-54H2,1H3/t64-,65-,66+,67-,68-,69+/m1/s1. The third-order valence-corrected chi connectivity index (χ3v) is 20.4. The maximum absolute atomic E-state index is 16.5. The highest BCUT2D eigenvalue weighted by molar-refractivity contribution is 7.49. The van der Waals surface area contributed by atoms with Gasteiger partial charge in [-0.3, -0.25) is 59.1 Å². The molecule has 0 N–H and O–H groups in total. The molecule has 92 heavy (non-hydrogen) atoms. The fraction of sp³-hybridized carbons (Fsp3) is 0.290. The molecule has 484 valence electrons. The van der Waals surface area contributed by atoms with E-state index in [4.69, 9.17) is 63.8 Å². The Morgan fingerprint density at radius 2 is 0.620 bits per heavy atom. The summed E-state index contributed by atoms with van der Waals surface area (Å²) in [7, 11) is -20.8. The third-order valence-electron chi connectivity index (χ3n) is 14.8. The number of benzene rings is 8. The highest BCUT2D eigenvalue weighted by Crippen LogP contribution is 2.65. The van der Waals surface area contributed by atoms with Crippen molar-refractivity contribution in [2.24, 2.45) is 0 Å². The second-order valence-corrected chi connectivity index (χ2v) is 28.2. The number of hydrogen-bond acceptors (Lipinski definition) is 19. The van der Waals surface area contributed by atoms with E-state index in [1.165, 1.54) is 0 Å². The van der Waals surface area contributed by atoms with Crippen molar-refractivity contribution >= 4 is 37.3 Å². The third kappa shape index (κ3) is 19.8. The van der Waals surface area contributed by atoms with Gasteiger partial charge in [-0.2, -0.15) is 0 Å². The molecule has 0 bridgehead atoms. The average molecular weight is 1330 g/mol. The topological polar surface area (TPSA) is 215 Å². The molecule has 0 spiro atoms. The summed E-state index contributed by atoms with van der Waals surface area (Å²) in [5.41, 5.74) is 2.02. The largest absolute Gasteiger partial charge is 0.475 e. The van der Waals surface area contributed by atoms with Gasteiger partial charge in [-0.25, -0.2) is 18.3 Å². The van der Waals surface area contributed by atoms with E-state index < -0.39 is 86.6 Å². The van der Waals surface area contributed by atoms with E-state index in [2.05, 4.69) is 0 Å². The van der Waals surface area contributed by atoms with E-state index in [1.54, 1.807) is 250 Å². The van der Waals surface area contributed by atoms with Gasteiger partial charge >= 0.3 is 37.3 Å². The lowest BCUT2D eigenvalue weighted by Gasteiger charge is -2.57. The summed E-state index contributed by atoms with van der Waals surface area (Å²) in [6.07, 6.45) is -10.4. The Balaban J connectivity index is 1.21. The first-order valence-corrected chi connectivity index (χ1v) is 36.1. The lowest BCUT2D eigenvalue weighted by atomic mass is 9.71. The second-order valence-electron chi connectivity index (χ2n) is 21.7. The smallest absolute Gasteiger partial charge is 0.453 e. The highest BCUT2D eigenvalue weighted by atomic mass is 31.2. The molecule has 2 fully saturated rings. The number of phosphoric acid groups is 4. The molecule has 1 saturated carbocycles. The summed E-state index contributed by atoms with van der Waals surface area (Å²) < 4.78 is 158. The van der Waals surface area contributed by atoms with E-state index in [-0.39, 0.29) is 71.9 Å². The summed E-state index contributed by atoms with van der Waals surface area (Å²) in [6.45, 7) is -1.32. The van der Waals surface area contributed by atoms with E-state index in [0.29, 0.717) is 44.5 Å². The predicted molar refractivity (Wildman–Crippen MR) is 342 cm³/mol. The van der Waals surface area contributed by atoms with Crippen molar-refractivity contribution in [3.8, 4) is 0 Å². The Morgan fingerprint density at radius 1 is 0.370 bits per heavy atom. The molecule has 8 aromatic carbocycles. The number of fused-ring (bicyclic) bond motifs is 1. The summed E-state index contributed by atoms with van der Waals surface area (Å²) >= 11 is 0. The van der Waals surface area contributed by atoms with Gasteiger partial charge in [0.25, 0.3) is 0 Å². The Morgan fingerprint density at radius 3 is 0.891 bits per heavy atom. The van der Waals surface area contributed by atoms with Gasteiger partial charge in [0.2, 0.25) is 0 Å². The Labute approximate surface area is 536 Å². The zero-order valence-electron chi connectivity index (χ0n) is 50.7. The molecule has 1 saturated heterocycles. The van der Waals surface area contributed by atoms with Crippen molar-refractivity contribution in [1.29, 1.82) is 0 Å². The van der Waals surface area contributed by atoms with Crippen LogP contribution in [0.4, 0.5) is 0 Å². The number of carbonyl (C=O) groups excluding carboxylic acids is 1. The van der Waals surface area contributed by atoms with Gasteiger partial charge in [0.05, 0.1) is 52.9 Å². The number of hydrogen-bond donors (Lipinski definition) is 0. The predicted octanol–water partition coefficient (Wildman–Crippen LogP) is 17.0. The van der Waals surface area contributed by atoms with Crippen molar-refractivity contribution in [3.05, 3.63) is 287 Å². The maximum Gasteiger partial charge on any atom is 0.475 e. The molecule has 10 rings (SSSR count). The molecule has 1 aliphatic heterocycles. The minimum absolute atomic E-state index is 0.0825. The van der Waals surface area contributed by atoms with Gasteiger partial charge in [0.1, 0.15) is 30.5 Å². The van der Waals surface area contributed by atoms with E-state index in [0.717, 1.165) is 0 Å². The zero-order chi connectivity index (χ0) is 64.0. The van der Waals surface area contributed by atoms with Gasteiger partial charge < -0.3 is 9.47 Å². The number of ether oxygens (including phenoxy) is 2. The van der Waals surface area contributed by atoms with E-state index in [1.807, 2.05) is 0 Å². The minimum atomic E-state index is -5.26. The summed E-state index contributed by atoms with van der Waals surface area (Å²) in [5.74, 6) is -0.811. The zero-order valence-corrected chi connectivity index (χ0v) is 54.3. The summed E-state index contributed by atoms with van der Waals surface area (Å²) in [6, 6.07) is 70.3. The Bertz CT molecular complexity index is 3510. The van der Waals surface area contributed by atoms with Crippen LogP contribution >= 0.6 is 31.3 Å². The highest BCUT2D eigenvalue weighted by Gasteiger charge is 2.70. The van der Waals surface area contributed by atoms with Gasteiger partial charge in [0, 0.05) is 13.0 Å². The normalized spacial score (nSPS) is 19.4. The van der Waals surface area contributed by atoms with Gasteiger partial charge in [0.15, 0.2) is 5.60 Å². The van der Waals surface area contributed by atoms with Crippen LogP contribution in [0.5, 0.6) is 0 Å². The summed E-state index contributed by atoms with van der Waals surface area (Å²) in [4.78, 5) is 14.8. The van der Waals surface area contributed by atoms with Crippen LogP contribution in [0.3, 0.4) is 0 Å². The molecule has 0 amide bonds. The molecular formula is C69H74O19P4. The molecule has 8 aromatic rings. The fourth-order valence-electron chi connectivity index (χ4n) is 10.3. The van der Waals surface area contributed by atoms with Crippen molar-refractivity contribution in [2.45, 2.75) is 122 Å². The summed E-state index contributed by atoms with van der Waals surface area (Å²) in [5, 5.41) is 0. The first-order chi connectivity index (χ1) is 44.8. The van der Waals surface area contributed by atoms with Crippen molar-refractivity contribution in [2.75, 3.05) is 6.61 Å². The number of carbonyl (C=O) groups is 1. The first-order valence-electron chi connectivity index (χ1n) is 30.2. The van der Waals surface area contributed by atoms with Gasteiger partial charge in [-0.1, -0.05) is 250 Å². The number of rotatable bonds is 35. The van der Waals surface area contributed by atoms with Crippen LogP contribution in [0, 0.1) is 0 Å². The van der Waals surface area contributed by atoms with Crippen molar-refractivity contribution in [1.82, 2.24) is 0 Å². The lowest BCUT2D eigenvalue weighted by Crippen LogP contribution is -2.75. The van der Waals surface area contributed by atoms with Gasteiger partial charge in [-0.05, 0) is 63.8 Å². The maximum atomic E-state index is 16.5. The van der Waals surface area contributed by atoms with Crippen LogP contribution in [0.25, 0.3) is 0 Å². The van der Waals surface area contributed by atoms with Gasteiger partial charge in [-0.15, -0.1) is 0 Å². The fourth-order valence-corrected chi connectivity index (χ4v) is 15.7. The van der Waals surface area contributed by atoms with Crippen LogP contribution in [0.15, 0.2) is 243 Å². The Hall–Kier alpha value is -6.37. The Kier molecular flexibility index (Phi) is 25.0. The van der Waals surface area contributed by atoms with Crippen molar-refractivity contribution < 1.29 is 86.8 Å². The second kappa shape index (κ2) is 33.6. The molecule has 19 nitrogen and oxygen atoms in total. The first kappa shape index (κ1) is 68.5. The molecule has 1 heterocycles. The van der Waals surface area contributed by atoms with Crippen molar-refractivity contribution in [3.63, 3.8) is 0 Å². The molecule has 6 atom stereocenters. The van der Waals surface area contributed by atoms with Crippen LogP contribution in [-0.4, -0.2) is 48.7 Å². The molecule has 0 radical (unpaired) electrons. The average Bonchev–Trinajstić information content (AvgIpc) is 0.714. The molecule has 1 aliphatic carbocycles. The van der Waals surface area contributed by atoms with E-state index in [9.17, 15) is 4.79 Å². The molecule has 23 heteroatoms. The lowest BCUT2D eigenvalue weighted by molar-refractivity contribution is -0.290. The quantitative estimate of drug-likeness (QED) is 0.0267. The van der Waals surface area contributed by atoms with E-state index >= 15 is 18.3 Å². The minimum Gasteiger partial charge on any atom is -0.453 e. The number of esters is 1.